The SMILES string of the molecule is Cc1ccc(O)c2c1CCC[C@@H]2N. The van der Waals surface area contributed by atoms with E-state index >= 15 is 0 Å². The Hall–Kier alpha value is -1.02. The first-order valence-corrected chi connectivity index (χ1v) is 4.77. The molecule has 70 valence electrons. The van der Waals surface area contributed by atoms with Crippen molar-refractivity contribution >= 4 is 0 Å². The number of phenolic OH excluding ortho intramolecular Hbond substituents is 1. The van der Waals surface area contributed by atoms with Gasteiger partial charge in [0.1, 0.15) is 5.75 Å². The second-order valence-electron chi connectivity index (χ2n) is 3.79. The van der Waals surface area contributed by atoms with Crippen LogP contribution < -0.4 is 5.73 Å². The van der Waals surface area contributed by atoms with E-state index < -0.39 is 0 Å². The van der Waals surface area contributed by atoms with Crippen molar-refractivity contribution in [2.45, 2.75) is 32.2 Å². The van der Waals surface area contributed by atoms with E-state index in [1.165, 1.54) is 11.1 Å². The highest BCUT2D eigenvalue weighted by Crippen LogP contribution is 2.35. The molecule has 1 aromatic rings. The minimum absolute atomic E-state index is 0.0312. The molecular weight excluding hydrogens is 162 g/mol. The van der Waals surface area contributed by atoms with Crippen molar-refractivity contribution in [2.24, 2.45) is 5.73 Å². The molecule has 0 radical (unpaired) electrons. The van der Waals surface area contributed by atoms with Gasteiger partial charge in [0.2, 0.25) is 0 Å². The van der Waals surface area contributed by atoms with Gasteiger partial charge >= 0.3 is 0 Å². The summed E-state index contributed by atoms with van der Waals surface area (Å²) in [7, 11) is 0. The maximum Gasteiger partial charge on any atom is 0.120 e. The Morgan fingerprint density at radius 1 is 1.46 bits per heavy atom. The zero-order valence-corrected chi connectivity index (χ0v) is 7.88. The Balaban J connectivity index is 2.60. The lowest BCUT2D eigenvalue weighted by molar-refractivity contribution is 0.447. The summed E-state index contributed by atoms with van der Waals surface area (Å²) in [4.78, 5) is 0. The molecule has 0 saturated carbocycles. The van der Waals surface area contributed by atoms with Gasteiger partial charge in [0, 0.05) is 11.6 Å². The predicted molar refractivity (Wildman–Crippen MR) is 52.7 cm³/mol. The Labute approximate surface area is 78.4 Å². The third kappa shape index (κ3) is 1.31. The lowest BCUT2D eigenvalue weighted by Crippen LogP contribution is -2.18. The molecule has 0 bridgehead atoms. The van der Waals surface area contributed by atoms with Crippen LogP contribution in [0, 0.1) is 6.92 Å². The summed E-state index contributed by atoms with van der Waals surface area (Å²) >= 11 is 0. The van der Waals surface area contributed by atoms with Gasteiger partial charge in [-0.15, -0.1) is 0 Å². The van der Waals surface area contributed by atoms with Crippen molar-refractivity contribution in [1.29, 1.82) is 0 Å². The molecule has 0 unspecified atom stereocenters. The molecule has 2 heteroatoms. The van der Waals surface area contributed by atoms with Crippen molar-refractivity contribution in [2.75, 3.05) is 0 Å². The van der Waals surface area contributed by atoms with Gasteiger partial charge in [-0.1, -0.05) is 6.07 Å². The number of phenols is 1. The molecule has 0 amide bonds. The molecule has 0 spiro atoms. The number of hydrogen-bond acceptors (Lipinski definition) is 2. The summed E-state index contributed by atoms with van der Waals surface area (Å²) in [5.74, 6) is 0.368. The number of aryl methyl sites for hydroxylation is 1. The first-order valence-electron chi connectivity index (χ1n) is 4.77. The number of nitrogens with two attached hydrogens (primary N) is 1. The number of aromatic hydroxyl groups is 1. The fraction of sp³-hybridized carbons (Fsp3) is 0.455. The molecule has 0 aromatic heterocycles. The van der Waals surface area contributed by atoms with Gasteiger partial charge in [-0.05, 0) is 43.4 Å². The Kier molecular flexibility index (Phi) is 2.00. The first-order chi connectivity index (χ1) is 6.20. The average Bonchev–Trinajstić information content (AvgIpc) is 2.12. The highest BCUT2D eigenvalue weighted by molar-refractivity contribution is 5.47. The van der Waals surface area contributed by atoms with E-state index in [-0.39, 0.29) is 6.04 Å². The van der Waals surface area contributed by atoms with Crippen LogP contribution in [0.4, 0.5) is 0 Å². The number of rotatable bonds is 0. The molecule has 0 heterocycles. The molecule has 1 atom stereocenters. The lowest BCUT2D eigenvalue weighted by Gasteiger charge is -2.24. The fourth-order valence-electron chi connectivity index (χ4n) is 2.15. The standard InChI is InChI=1S/C11H15NO/c1-7-5-6-10(13)11-8(7)3-2-4-9(11)12/h5-6,9,13H,2-4,12H2,1H3/t9-/m0/s1. The molecule has 3 N–H and O–H groups in total. The largest absolute Gasteiger partial charge is 0.508 e. The maximum atomic E-state index is 9.67. The Bertz CT molecular complexity index is 333. The van der Waals surface area contributed by atoms with Crippen LogP contribution in [-0.4, -0.2) is 5.11 Å². The number of fused-ring (bicyclic) bond motifs is 1. The van der Waals surface area contributed by atoms with Crippen LogP contribution in [0.3, 0.4) is 0 Å². The van der Waals surface area contributed by atoms with Crippen molar-refractivity contribution < 1.29 is 5.11 Å². The second-order valence-corrected chi connectivity index (χ2v) is 3.79. The predicted octanol–water partition coefficient (Wildman–Crippen LogP) is 2.04. The van der Waals surface area contributed by atoms with Crippen LogP contribution in [0.15, 0.2) is 12.1 Å². The quantitative estimate of drug-likeness (QED) is 0.637. The molecule has 0 aliphatic heterocycles. The fourth-order valence-corrected chi connectivity index (χ4v) is 2.15. The summed E-state index contributed by atoms with van der Waals surface area (Å²) in [6.07, 6.45) is 3.19. The van der Waals surface area contributed by atoms with E-state index in [1.54, 1.807) is 6.07 Å². The summed E-state index contributed by atoms with van der Waals surface area (Å²) < 4.78 is 0. The van der Waals surface area contributed by atoms with Gasteiger partial charge in [0.25, 0.3) is 0 Å². The summed E-state index contributed by atoms with van der Waals surface area (Å²) in [5.41, 5.74) is 9.45. The van der Waals surface area contributed by atoms with Gasteiger partial charge in [0.15, 0.2) is 0 Å². The zero-order chi connectivity index (χ0) is 9.42. The summed E-state index contributed by atoms with van der Waals surface area (Å²) in [6, 6.07) is 3.74. The van der Waals surface area contributed by atoms with Gasteiger partial charge < -0.3 is 10.8 Å². The molecular formula is C11H15NO. The lowest BCUT2D eigenvalue weighted by atomic mass is 9.85. The molecule has 1 aliphatic carbocycles. The van der Waals surface area contributed by atoms with Gasteiger partial charge in [-0.25, -0.2) is 0 Å². The van der Waals surface area contributed by atoms with E-state index in [2.05, 4.69) is 6.92 Å². The smallest absolute Gasteiger partial charge is 0.120 e. The Morgan fingerprint density at radius 3 is 2.92 bits per heavy atom. The molecule has 2 rings (SSSR count). The number of hydrogen-bond donors (Lipinski definition) is 2. The van der Waals surface area contributed by atoms with Crippen LogP contribution in [0.1, 0.15) is 35.6 Å². The highest BCUT2D eigenvalue weighted by Gasteiger charge is 2.21. The summed E-state index contributed by atoms with van der Waals surface area (Å²) in [6.45, 7) is 2.08. The monoisotopic (exact) mass is 177 g/mol. The van der Waals surface area contributed by atoms with E-state index in [0.29, 0.717) is 5.75 Å². The van der Waals surface area contributed by atoms with Crippen LogP contribution in [0.25, 0.3) is 0 Å². The third-order valence-electron chi connectivity index (χ3n) is 2.88. The molecule has 1 aromatic carbocycles. The highest BCUT2D eigenvalue weighted by atomic mass is 16.3. The van der Waals surface area contributed by atoms with Crippen molar-refractivity contribution in [1.82, 2.24) is 0 Å². The van der Waals surface area contributed by atoms with Gasteiger partial charge in [-0.3, -0.25) is 0 Å². The van der Waals surface area contributed by atoms with Gasteiger partial charge in [0.05, 0.1) is 0 Å². The van der Waals surface area contributed by atoms with E-state index in [0.717, 1.165) is 24.8 Å². The minimum atomic E-state index is 0.0312. The molecule has 13 heavy (non-hydrogen) atoms. The van der Waals surface area contributed by atoms with Crippen LogP contribution >= 0.6 is 0 Å². The summed E-state index contributed by atoms with van der Waals surface area (Å²) in [5, 5.41) is 9.67. The first kappa shape index (κ1) is 8.57. The van der Waals surface area contributed by atoms with E-state index in [1.807, 2.05) is 6.07 Å². The molecule has 0 fully saturated rings. The normalized spacial score (nSPS) is 21.2. The maximum absolute atomic E-state index is 9.67. The van der Waals surface area contributed by atoms with Crippen molar-refractivity contribution in [3.8, 4) is 5.75 Å². The molecule has 1 aliphatic rings. The van der Waals surface area contributed by atoms with Crippen molar-refractivity contribution in [3.05, 3.63) is 28.8 Å². The van der Waals surface area contributed by atoms with E-state index in [4.69, 9.17) is 5.73 Å². The zero-order valence-electron chi connectivity index (χ0n) is 7.88. The van der Waals surface area contributed by atoms with E-state index in [9.17, 15) is 5.11 Å². The number of benzene rings is 1. The van der Waals surface area contributed by atoms with Crippen LogP contribution in [-0.2, 0) is 6.42 Å². The minimum Gasteiger partial charge on any atom is -0.508 e. The molecule has 0 saturated heterocycles. The van der Waals surface area contributed by atoms with Crippen LogP contribution in [0.5, 0.6) is 5.75 Å². The van der Waals surface area contributed by atoms with Gasteiger partial charge in [-0.2, -0.15) is 0 Å². The topological polar surface area (TPSA) is 46.2 Å². The van der Waals surface area contributed by atoms with Crippen LogP contribution in [0.2, 0.25) is 0 Å². The third-order valence-corrected chi connectivity index (χ3v) is 2.88. The Morgan fingerprint density at radius 2 is 2.23 bits per heavy atom. The van der Waals surface area contributed by atoms with Crippen molar-refractivity contribution in [3.63, 3.8) is 0 Å². The molecule has 2 nitrogen and oxygen atoms in total. The average molecular weight is 177 g/mol. The second kappa shape index (κ2) is 3.04.